The van der Waals surface area contributed by atoms with Gasteiger partial charge in [0.25, 0.3) is 0 Å². The van der Waals surface area contributed by atoms with E-state index in [0.29, 0.717) is 0 Å². The Labute approximate surface area is 96.8 Å². The molecule has 2 amide bonds. The molecule has 0 radical (unpaired) electrons. The van der Waals surface area contributed by atoms with E-state index in [1.807, 2.05) is 49.4 Å². The van der Waals surface area contributed by atoms with Gasteiger partial charge in [0.05, 0.1) is 6.04 Å². The Morgan fingerprint density at radius 3 is 2.44 bits per heavy atom. The van der Waals surface area contributed by atoms with Gasteiger partial charge in [-0.05, 0) is 12.5 Å². The predicted octanol–water partition coefficient (Wildman–Crippen LogP) is 2.58. The lowest BCUT2D eigenvalue weighted by Crippen LogP contribution is -2.36. The minimum Gasteiger partial charge on any atom is -0.331 e. The Balaban J connectivity index is 2.80. The molecular formula is C13H18N2O. The molecule has 1 rings (SSSR count). The Hall–Kier alpha value is -1.77. The van der Waals surface area contributed by atoms with Crippen LogP contribution in [0.1, 0.15) is 18.5 Å². The van der Waals surface area contributed by atoms with Crippen molar-refractivity contribution in [3.8, 4) is 0 Å². The van der Waals surface area contributed by atoms with E-state index in [0.717, 1.165) is 5.56 Å². The number of amides is 2. The minimum atomic E-state index is -0.0908. The fraction of sp³-hybridized carbons (Fsp3) is 0.308. The number of carbonyl (C=O) groups excluding carboxylic acids is 1. The average Bonchev–Trinajstić information content (AvgIpc) is 2.29. The predicted molar refractivity (Wildman–Crippen MR) is 66.2 cm³/mol. The van der Waals surface area contributed by atoms with Crippen molar-refractivity contribution in [1.82, 2.24) is 10.2 Å². The summed E-state index contributed by atoms with van der Waals surface area (Å²) in [5, 5.41) is 2.93. The van der Waals surface area contributed by atoms with Crippen molar-refractivity contribution in [3.63, 3.8) is 0 Å². The second-order valence-corrected chi connectivity index (χ2v) is 3.76. The maximum atomic E-state index is 11.6. The third kappa shape index (κ3) is 3.42. The lowest BCUT2D eigenvalue weighted by Gasteiger charge is -2.19. The van der Waals surface area contributed by atoms with Crippen LogP contribution < -0.4 is 5.32 Å². The summed E-state index contributed by atoms with van der Waals surface area (Å²) in [7, 11) is 3.46. The second kappa shape index (κ2) is 5.95. The van der Waals surface area contributed by atoms with E-state index in [9.17, 15) is 4.79 Å². The van der Waals surface area contributed by atoms with Crippen LogP contribution in [0.4, 0.5) is 4.79 Å². The van der Waals surface area contributed by atoms with Gasteiger partial charge < -0.3 is 10.2 Å². The lowest BCUT2D eigenvalue weighted by molar-refractivity contribution is 0.215. The highest BCUT2D eigenvalue weighted by Crippen LogP contribution is 2.13. The van der Waals surface area contributed by atoms with Crippen molar-refractivity contribution in [3.05, 3.63) is 48.0 Å². The molecule has 1 aromatic carbocycles. The molecule has 1 aromatic rings. The highest BCUT2D eigenvalue weighted by atomic mass is 16.2. The molecule has 16 heavy (non-hydrogen) atoms. The molecule has 1 atom stereocenters. The zero-order valence-electron chi connectivity index (χ0n) is 9.97. The molecule has 0 saturated heterocycles. The first-order valence-corrected chi connectivity index (χ1v) is 5.30. The van der Waals surface area contributed by atoms with Crippen LogP contribution in [0.5, 0.6) is 0 Å². The summed E-state index contributed by atoms with van der Waals surface area (Å²) in [6.45, 7) is 1.94. The number of benzene rings is 1. The van der Waals surface area contributed by atoms with Crippen molar-refractivity contribution >= 4 is 6.03 Å². The first kappa shape index (κ1) is 12.3. The van der Waals surface area contributed by atoms with Gasteiger partial charge >= 0.3 is 6.03 Å². The normalized spacial score (nSPS) is 12.4. The fourth-order valence-electron chi connectivity index (χ4n) is 1.36. The van der Waals surface area contributed by atoms with Gasteiger partial charge in [-0.1, -0.05) is 42.5 Å². The van der Waals surface area contributed by atoms with Crippen LogP contribution >= 0.6 is 0 Å². The first-order valence-electron chi connectivity index (χ1n) is 5.30. The van der Waals surface area contributed by atoms with Gasteiger partial charge in [-0.3, -0.25) is 0 Å². The molecule has 0 bridgehead atoms. The van der Waals surface area contributed by atoms with Crippen LogP contribution in [-0.4, -0.2) is 25.0 Å². The van der Waals surface area contributed by atoms with Crippen molar-refractivity contribution in [2.24, 2.45) is 0 Å². The smallest absolute Gasteiger partial charge is 0.317 e. The Kier molecular flexibility index (Phi) is 4.58. The van der Waals surface area contributed by atoms with Crippen molar-refractivity contribution in [1.29, 1.82) is 0 Å². The summed E-state index contributed by atoms with van der Waals surface area (Å²) in [5.74, 6) is 0. The van der Waals surface area contributed by atoms with Gasteiger partial charge in [0, 0.05) is 14.1 Å². The molecule has 3 heteroatoms. The van der Waals surface area contributed by atoms with E-state index in [1.54, 1.807) is 14.1 Å². The molecule has 0 spiro atoms. The van der Waals surface area contributed by atoms with Gasteiger partial charge in [-0.15, -0.1) is 0 Å². The number of hydrogen-bond donors (Lipinski definition) is 1. The zero-order valence-corrected chi connectivity index (χ0v) is 9.97. The summed E-state index contributed by atoms with van der Waals surface area (Å²) in [6, 6.07) is 9.74. The number of nitrogens with zero attached hydrogens (tertiary/aromatic N) is 1. The van der Waals surface area contributed by atoms with Crippen LogP contribution in [0.15, 0.2) is 42.5 Å². The van der Waals surface area contributed by atoms with E-state index in [1.165, 1.54) is 4.90 Å². The zero-order chi connectivity index (χ0) is 12.0. The molecule has 3 nitrogen and oxygen atoms in total. The molecule has 0 fully saturated rings. The maximum Gasteiger partial charge on any atom is 0.317 e. The standard InChI is InChI=1S/C13H18N2O/c1-4-8-12(14-13(16)15(2)3)11-9-6-5-7-10-11/h4-10,12H,1-3H3,(H,14,16)/b8-4+. The third-order valence-electron chi connectivity index (χ3n) is 2.23. The number of rotatable bonds is 3. The van der Waals surface area contributed by atoms with Gasteiger partial charge in [0.1, 0.15) is 0 Å². The van der Waals surface area contributed by atoms with Crippen LogP contribution in [0.2, 0.25) is 0 Å². The lowest BCUT2D eigenvalue weighted by atomic mass is 10.1. The average molecular weight is 218 g/mol. The van der Waals surface area contributed by atoms with Gasteiger partial charge in [0.2, 0.25) is 0 Å². The number of hydrogen-bond acceptors (Lipinski definition) is 1. The number of nitrogens with one attached hydrogen (secondary N) is 1. The topological polar surface area (TPSA) is 32.3 Å². The van der Waals surface area contributed by atoms with Crippen LogP contribution in [0.25, 0.3) is 0 Å². The van der Waals surface area contributed by atoms with Crippen LogP contribution in [0, 0.1) is 0 Å². The third-order valence-corrected chi connectivity index (χ3v) is 2.23. The van der Waals surface area contributed by atoms with Gasteiger partial charge in [-0.25, -0.2) is 4.79 Å². The Bertz CT molecular complexity index is 357. The quantitative estimate of drug-likeness (QED) is 0.777. The summed E-state index contributed by atoms with van der Waals surface area (Å²) < 4.78 is 0. The van der Waals surface area contributed by atoms with Crippen LogP contribution in [0.3, 0.4) is 0 Å². The molecule has 0 aromatic heterocycles. The summed E-state index contributed by atoms with van der Waals surface area (Å²) in [5.41, 5.74) is 1.08. The van der Waals surface area contributed by atoms with Gasteiger partial charge in [0.15, 0.2) is 0 Å². The van der Waals surface area contributed by atoms with Gasteiger partial charge in [-0.2, -0.15) is 0 Å². The number of carbonyl (C=O) groups is 1. The minimum absolute atomic E-state index is 0.0684. The molecule has 1 unspecified atom stereocenters. The highest BCUT2D eigenvalue weighted by Gasteiger charge is 2.11. The fourth-order valence-corrected chi connectivity index (χ4v) is 1.36. The van der Waals surface area contributed by atoms with E-state index in [4.69, 9.17) is 0 Å². The molecule has 86 valence electrons. The van der Waals surface area contributed by atoms with Crippen molar-refractivity contribution in [2.75, 3.05) is 14.1 Å². The molecular weight excluding hydrogens is 200 g/mol. The summed E-state index contributed by atoms with van der Waals surface area (Å²) in [4.78, 5) is 13.1. The molecule has 0 aliphatic heterocycles. The molecule has 1 N–H and O–H groups in total. The molecule has 0 heterocycles. The van der Waals surface area contributed by atoms with Crippen LogP contribution in [-0.2, 0) is 0 Å². The van der Waals surface area contributed by atoms with E-state index >= 15 is 0 Å². The molecule has 0 aliphatic rings. The number of allylic oxidation sites excluding steroid dienone is 1. The van der Waals surface area contributed by atoms with Crippen molar-refractivity contribution < 1.29 is 4.79 Å². The Morgan fingerprint density at radius 1 is 1.31 bits per heavy atom. The van der Waals surface area contributed by atoms with Crippen molar-refractivity contribution in [2.45, 2.75) is 13.0 Å². The monoisotopic (exact) mass is 218 g/mol. The first-order chi connectivity index (χ1) is 7.65. The summed E-state index contributed by atoms with van der Waals surface area (Å²) in [6.07, 6.45) is 3.91. The molecule has 0 aliphatic carbocycles. The largest absolute Gasteiger partial charge is 0.331 e. The summed E-state index contributed by atoms with van der Waals surface area (Å²) >= 11 is 0. The van der Waals surface area contributed by atoms with E-state index < -0.39 is 0 Å². The highest BCUT2D eigenvalue weighted by molar-refractivity contribution is 5.74. The van der Waals surface area contributed by atoms with E-state index in [2.05, 4.69) is 5.32 Å². The second-order valence-electron chi connectivity index (χ2n) is 3.76. The Morgan fingerprint density at radius 2 is 1.94 bits per heavy atom. The maximum absolute atomic E-state index is 11.6. The SMILES string of the molecule is C/C=C/C(NC(=O)N(C)C)c1ccccc1. The van der Waals surface area contributed by atoms with E-state index in [-0.39, 0.29) is 12.1 Å². The molecule has 0 saturated carbocycles. The number of urea groups is 1.